The fraction of sp³-hybridized carbons (Fsp3) is 0.400. The van der Waals surface area contributed by atoms with Crippen molar-refractivity contribution in [3.05, 3.63) is 42.2 Å². The summed E-state index contributed by atoms with van der Waals surface area (Å²) in [6.07, 6.45) is 3.24. The average Bonchev–Trinajstić information content (AvgIpc) is 2.92. The molecular formula is C15H21N3O3S. The molecule has 0 bridgehead atoms. The van der Waals surface area contributed by atoms with Gasteiger partial charge in [-0.1, -0.05) is 12.1 Å². The molecule has 0 unspecified atom stereocenters. The summed E-state index contributed by atoms with van der Waals surface area (Å²) in [6.45, 7) is 6.88. The maximum Gasteiger partial charge on any atom is 0.262 e. The summed E-state index contributed by atoms with van der Waals surface area (Å²) in [5, 5.41) is 4.05. The molecule has 0 aliphatic rings. The molecule has 1 aromatic heterocycles. The molecule has 0 aliphatic heterocycles. The Kier molecular flexibility index (Phi) is 5.20. The summed E-state index contributed by atoms with van der Waals surface area (Å²) in [5.41, 5.74) is 1.27. The molecule has 0 radical (unpaired) electrons. The summed E-state index contributed by atoms with van der Waals surface area (Å²) in [7, 11) is -3.63. The van der Waals surface area contributed by atoms with E-state index in [2.05, 4.69) is 9.82 Å². The average molecular weight is 323 g/mol. The van der Waals surface area contributed by atoms with Gasteiger partial charge < -0.3 is 4.74 Å². The third kappa shape index (κ3) is 4.32. The highest BCUT2D eigenvalue weighted by Crippen LogP contribution is 2.17. The number of benzene rings is 1. The second-order valence-electron chi connectivity index (χ2n) is 5.20. The van der Waals surface area contributed by atoms with Gasteiger partial charge in [-0.2, -0.15) is 5.10 Å². The molecule has 0 atom stereocenters. The predicted molar refractivity (Wildman–Crippen MR) is 85.1 cm³/mol. The van der Waals surface area contributed by atoms with Crippen LogP contribution in [0.25, 0.3) is 0 Å². The standard InChI is InChI=1S/C15H21N3O3S/c1-4-18-10-14(9-16-18)17-22(19,20)15-7-5-6-13(8-15)11-21-12(2)3/h5-10,12,17H,4,11H2,1-3H3. The van der Waals surface area contributed by atoms with Crippen LogP contribution in [-0.2, 0) is 27.9 Å². The lowest BCUT2D eigenvalue weighted by Crippen LogP contribution is -2.13. The van der Waals surface area contributed by atoms with Gasteiger partial charge in [-0.05, 0) is 38.5 Å². The number of hydrogen-bond donors (Lipinski definition) is 1. The maximum atomic E-state index is 12.4. The smallest absolute Gasteiger partial charge is 0.262 e. The second-order valence-corrected chi connectivity index (χ2v) is 6.88. The maximum absolute atomic E-state index is 12.4. The van der Waals surface area contributed by atoms with E-state index < -0.39 is 10.0 Å². The van der Waals surface area contributed by atoms with Crippen molar-refractivity contribution in [1.29, 1.82) is 0 Å². The Labute approximate surface area is 131 Å². The molecular weight excluding hydrogens is 302 g/mol. The highest BCUT2D eigenvalue weighted by molar-refractivity contribution is 7.92. The minimum Gasteiger partial charge on any atom is -0.374 e. The van der Waals surface area contributed by atoms with Crippen molar-refractivity contribution < 1.29 is 13.2 Å². The van der Waals surface area contributed by atoms with E-state index >= 15 is 0 Å². The topological polar surface area (TPSA) is 73.2 Å². The molecule has 22 heavy (non-hydrogen) atoms. The van der Waals surface area contributed by atoms with Crippen molar-refractivity contribution in [3.63, 3.8) is 0 Å². The van der Waals surface area contributed by atoms with Crippen LogP contribution >= 0.6 is 0 Å². The van der Waals surface area contributed by atoms with E-state index in [4.69, 9.17) is 4.74 Å². The van der Waals surface area contributed by atoms with Gasteiger partial charge in [0.05, 0.1) is 29.5 Å². The van der Waals surface area contributed by atoms with Crippen LogP contribution in [0, 0.1) is 0 Å². The highest BCUT2D eigenvalue weighted by Gasteiger charge is 2.15. The lowest BCUT2D eigenvalue weighted by atomic mass is 10.2. The molecule has 0 spiro atoms. The van der Waals surface area contributed by atoms with Gasteiger partial charge >= 0.3 is 0 Å². The Bertz CT molecular complexity index is 723. The van der Waals surface area contributed by atoms with Gasteiger partial charge in [0.1, 0.15) is 0 Å². The predicted octanol–water partition coefficient (Wildman–Crippen LogP) is 2.63. The van der Waals surface area contributed by atoms with Crippen molar-refractivity contribution in [2.45, 2.75) is 44.9 Å². The quantitative estimate of drug-likeness (QED) is 0.850. The molecule has 0 aliphatic carbocycles. The Morgan fingerprint density at radius 1 is 1.36 bits per heavy atom. The van der Waals surface area contributed by atoms with Crippen LogP contribution in [0.5, 0.6) is 0 Å². The zero-order valence-electron chi connectivity index (χ0n) is 13.0. The molecule has 1 N–H and O–H groups in total. The first-order chi connectivity index (χ1) is 10.4. The van der Waals surface area contributed by atoms with Crippen LogP contribution in [0.15, 0.2) is 41.6 Å². The van der Waals surface area contributed by atoms with E-state index in [-0.39, 0.29) is 11.0 Å². The van der Waals surface area contributed by atoms with Crippen LogP contribution in [0.4, 0.5) is 5.69 Å². The number of aryl methyl sites for hydroxylation is 1. The van der Waals surface area contributed by atoms with Crippen LogP contribution in [0.1, 0.15) is 26.3 Å². The van der Waals surface area contributed by atoms with Gasteiger partial charge in [0.2, 0.25) is 0 Å². The SMILES string of the molecule is CCn1cc(NS(=O)(=O)c2cccc(COC(C)C)c2)cn1. The molecule has 2 aromatic rings. The summed E-state index contributed by atoms with van der Waals surface area (Å²) in [4.78, 5) is 0.210. The van der Waals surface area contributed by atoms with Crippen LogP contribution in [-0.4, -0.2) is 24.3 Å². The summed E-state index contributed by atoms with van der Waals surface area (Å²) in [5.74, 6) is 0. The van der Waals surface area contributed by atoms with Gasteiger partial charge in [0, 0.05) is 12.7 Å². The summed E-state index contributed by atoms with van der Waals surface area (Å²) >= 11 is 0. The minimum atomic E-state index is -3.63. The van der Waals surface area contributed by atoms with Gasteiger partial charge in [-0.3, -0.25) is 9.40 Å². The first kappa shape index (κ1) is 16.5. The van der Waals surface area contributed by atoms with E-state index in [9.17, 15) is 8.42 Å². The number of anilines is 1. The van der Waals surface area contributed by atoms with Crippen molar-refractivity contribution in [3.8, 4) is 0 Å². The van der Waals surface area contributed by atoms with Crippen LogP contribution in [0.3, 0.4) is 0 Å². The van der Waals surface area contributed by atoms with Crippen LogP contribution in [0.2, 0.25) is 0 Å². The highest BCUT2D eigenvalue weighted by atomic mass is 32.2. The van der Waals surface area contributed by atoms with E-state index in [1.54, 1.807) is 29.1 Å². The molecule has 1 aromatic carbocycles. The molecule has 0 fully saturated rings. The lowest BCUT2D eigenvalue weighted by Gasteiger charge is -2.10. The Hall–Kier alpha value is -1.86. The number of rotatable bonds is 7. The first-order valence-corrected chi connectivity index (χ1v) is 8.65. The number of aromatic nitrogens is 2. The number of hydrogen-bond acceptors (Lipinski definition) is 4. The van der Waals surface area contributed by atoms with Crippen LogP contribution < -0.4 is 4.72 Å². The van der Waals surface area contributed by atoms with Gasteiger partial charge in [-0.15, -0.1) is 0 Å². The van der Waals surface area contributed by atoms with Crippen molar-refractivity contribution in [2.24, 2.45) is 0 Å². The number of ether oxygens (including phenoxy) is 1. The summed E-state index contributed by atoms with van der Waals surface area (Å²) in [6, 6.07) is 6.74. The Balaban J connectivity index is 2.16. The van der Waals surface area contributed by atoms with Crippen molar-refractivity contribution >= 4 is 15.7 Å². The fourth-order valence-electron chi connectivity index (χ4n) is 1.87. The number of nitrogens with zero attached hydrogens (tertiary/aromatic N) is 2. The third-order valence-corrected chi connectivity index (χ3v) is 4.38. The normalized spacial score (nSPS) is 11.8. The second kappa shape index (κ2) is 6.93. The number of sulfonamides is 1. The molecule has 0 amide bonds. The lowest BCUT2D eigenvalue weighted by molar-refractivity contribution is 0.0656. The van der Waals surface area contributed by atoms with Gasteiger partial charge in [0.15, 0.2) is 0 Å². The van der Waals surface area contributed by atoms with Crippen molar-refractivity contribution in [1.82, 2.24) is 9.78 Å². The zero-order valence-corrected chi connectivity index (χ0v) is 13.8. The number of nitrogens with one attached hydrogen (secondary N) is 1. The molecule has 7 heteroatoms. The molecule has 6 nitrogen and oxygen atoms in total. The first-order valence-electron chi connectivity index (χ1n) is 7.16. The van der Waals surface area contributed by atoms with E-state index in [0.717, 1.165) is 5.56 Å². The Morgan fingerprint density at radius 3 is 2.77 bits per heavy atom. The van der Waals surface area contributed by atoms with Gasteiger partial charge in [0.25, 0.3) is 10.0 Å². The monoisotopic (exact) mass is 323 g/mol. The van der Waals surface area contributed by atoms with E-state index in [0.29, 0.717) is 18.8 Å². The molecule has 0 saturated heterocycles. The third-order valence-electron chi connectivity index (χ3n) is 3.00. The Morgan fingerprint density at radius 2 is 2.14 bits per heavy atom. The summed E-state index contributed by atoms with van der Waals surface area (Å²) < 4.78 is 34.5. The van der Waals surface area contributed by atoms with Crippen molar-refractivity contribution in [2.75, 3.05) is 4.72 Å². The molecule has 1 heterocycles. The molecule has 120 valence electrons. The largest absolute Gasteiger partial charge is 0.374 e. The van der Waals surface area contributed by atoms with E-state index in [1.807, 2.05) is 26.8 Å². The van der Waals surface area contributed by atoms with Gasteiger partial charge in [-0.25, -0.2) is 8.42 Å². The van der Waals surface area contributed by atoms with E-state index in [1.165, 1.54) is 6.20 Å². The zero-order chi connectivity index (χ0) is 16.2. The minimum absolute atomic E-state index is 0.0956. The molecule has 2 rings (SSSR count). The molecule has 0 saturated carbocycles. The fourth-order valence-corrected chi connectivity index (χ4v) is 2.97.